The number of nitro groups is 1. The highest BCUT2D eigenvalue weighted by molar-refractivity contribution is 5.67. The first kappa shape index (κ1) is 25.0. The van der Waals surface area contributed by atoms with Gasteiger partial charge in [-0.3, -0.25) is 10.1 Å². The van der Waals surface area contributed by atoms with Crippen molar-refractivity contribution in [2.75, 3.05) is 13.1 Å². The number of nitrogens with one attached hydrogen (secondary N) is 1. The van der Waals surface area contributed by atoms with Crippen LogP contribution in [0.4, 0.5) is 19.3 Å². The molecule has 0 fully saturated rings. The Morgan fingerprint density at radius 2 is 1.70 bits per heavy atom. The first-order chi connectivity index (χ1) is 14.0. The fraction of sp³-hybridized carbons (Fsp3) is 0.381. The van der Waals surface area contributed by atoms with E-state index in [2.05, 4.69) is 5.32 Å². The number of benzene rings is 2. The van der Waals surface area contributed by atoms with Gasteiger partial charge in [0.25, 0.3) is 0 Å². The van der Waals surface area contributed by atoms with E-state index in [9.17, 15) is 23.7 Å². The summed E-state index contributed by atoms with van der Waals surface area (Å²) >= 11 is 0. The smallest absolute Gasteiger partial charge is 0.407 e. The van der Waals surface area contributed by atoms with E-state index in [-0.39, 0.29) is 12.4 Å². The molecule has 2 rings (SSSR count). The standard InChI is InChI=1S/C13H17FN2O4.C8H10FN/c1-13(2,3)20-12(17)15-7-6-9-4-5-10(14)11(8-9)16(18)19;9-8-3-1-7(2-4-8)5-6-10/h4-5,8H,6-7H2,1-3H3,(H,15,17);1-4H,5-6,10H2. The molecule has 164 valence electrons. The summed E-state index contributed by atoms with van der Waals surface area (Å²) in [6.45, 7) is 6.10. The molecular weight excluding hydrogens is 396 g/mol. The van der Waals surface area contributed by atoms with Crippen LogP contribution in [-0.4, -0.2) is 29.7 Å². The Labute approximate surface area is 174 Å². The minimum absolute atomic E-state index is 0.194. The van der Waals surface area contributed by atoms with Crippen LogP contribution in [0, 0.1) is 21.7 Å². The quantitative estimate of drug-likeness (QED) is 0.537. The SMILES string of the molecule is CC(C)(C)OC(=O)NCCc1ccc(F)c([N+](=O)[O-])c1.NCCc1ccc(F)cc1. The van der Waals surface area contributed by atoms with Gasteiger partial charge in [0, 0.05) is 12.6 Å². The number of amides is 1. The molecule has 0 atom stereocenters. The Morgan fingerprint density at radius 1 is 1.10 bits per heavy atom. The molecule has 0 unspecified atom stereocenters. The van der Waals surface area contributed by atoms with E-state index >= 15 is 0 Å². The van der Waals surface area contributed by atoms with Crippen LogP contribution in [0.2, 0.25) is 0 Å². The molecule has 0 aliphatic rings. The molecule has 2 aromatic carbocycles. The number of carbonyl (C=O) groups is 1. The van der Waals surface area contributed by atoms with Gasteiger partial charge in [0.05, 0.1) is 4.92 Å². The van der Waals surface area contributed by atoms with Crippen molar-refractivity contribution in [1.82, 2.24) is 5.32 Å². The number of nitrogens with two attached hydrogens (primary N) is 1. The number of halogens is 2. The summed E-state index contributed by atoms with van der Waals surface area (Å²) in [5, 5.41) is 13.1. The molecule has 30 heavy (non-hydrogen) atoms. The first-order valence-corrected chi connectivity index (χ1v) is 9.36. The largest absolute Gasteiger partial charge is 0.444 e. The van der Waals surface area contributed by atoms with Gasteiger partial charge < -0.3 is 15.8 Å². The second kappa shape index (κ2) is 11.8. The van der Waals surface area contributed by atoms with Gasteiger partial charge in [0.15, 0.2) is 0 Å². The Hall–Kier alpha value is -3.07. The third-order valence-corrected chi connectivity index (χ3v) is 3.64. The minimum atomic E-state index is -0.876. The molecule has 0 spiro atoms. The lowest BCUT2D eigenvalue weighted by atomic mass is 10.1. The lowest BCUT2D eigenvalue weighted by Gasteiger charge is -2.19. The first-order valence-electron chi connectivity index (χ1n) is 9.36. The van der Waals surface area contributed by atoms with Crippen LogP contribution in [0.15, 0.2) is 42.5 Å². The molecule has 1 amide bonds. The summed E-state index contributed by atoms with van der Waals surface area (Å²) in [6.07, 6.45) is 0.606. The maximum absolute atomic E-state index is 13.1. The van der Waals surface area contributed by atoms with Crippen molar-refractivity contribution in [2.45, 2.75) is 39.2 Å². The molecule has 3 N–H and O–H groups in total. The number of ether oxygens (including phenoxy) is 1. The predicted molar refractivity (Wildman–Crippen MR) is 110 cm³/mol. The zero-order valence-electron chi connectivity index (χ0n) is 17.3. The van der Waals surface area contributed by atoms with Crippen molar-refractivity contribution < 1.29 is 23.2 Å². The summed E-state index contributed by atoms with van der Waals surface area (Å²) in [6, 6.07) is 10.0. The topological polar surface area (TPSA) is 107 Å². The van der Waals surface area contributed by atoms with E-state index in [0.29, 0.717) is 18.5 Å². The van der Waals surface area contributed by atoms with Crippen LogP contribution in [0.3, 0.4) is 0 Å². The number of nitrogens with zero attached hydrogens (tertiary/aromatic N) is 1. The van der Waals surface area contributed by atoms with Crippen LogP contribution < -0.4 is 11.1 Å². The summed E-state index contributed by atoms with van der Waals surface area (Å²) in [5.41, 5.74) is 5.80. The van der Waals surface area contributed by atoms with Crippen molar-refractivity contribution in [2.24, 2.45) is 5.73 Å². The maximum Gasteiger partial charge on any atom is 0.407 e. The summed E-state index contributed by atoms with van der Waals surface area (Å²) in [7, 11) is 0. The number of nitro benzene ring substituents is 1. The van der Waals surface area contributed by atoms with Gasteiger partial charge in [-0.15, -0.1) is 0 Å². The van der Waals surface area contributed by atoms with Crippen molar-refractivity contribution in [1.29, 1.82) is 0 Å². The van der Waals surface area contributed by atoms with Crippen LogP contribution in [-0.2, 0) is 17.6 Å². The molecule has 0 aliphatic heterocycles. The number of alkyl carbamates (subject to hydrolysis) is 1. The molecular formula is C21H27F2N3O4. The predicted octanol–water partition coefficient (Wildman–Crippen LogP) is 4.13. The zero-order valence-corrected chi connectivity index (χ0v) is 17.3. The molecule has 7 nitrogen and oxygen atoms in total. The van der Waals surface area contributed by atoms with Crippen LogP contribution in [0.25, 0.3) is 0 Å². The maximum atomic E-state index is 13.1. The van der Waals surface area contributed by atoms with Gasteiger partial charge in [0.1, 0.15) is 11.4 Å². The van der Waals surface area contributed by atoms with E-state index in [1.165, 1.54) is 18.2 Å². The van der Waals surface area contributed by atoms with E-state index in [1.807, 2.05) is 0 Å². The summed E-state index contributed by atoms with van der Waals surface area (Å²) < 4.78 is 30.5. The Kier molecular flexibility index (Phi) is 9.83. The number of rotatable bonds is 6. The normalized spacial score (nSPS) is 10.6. The number of hydrogen-bond acceptors (Lipinski definition) is 5. The van der Waals surface area contributed by atoms with Gasteiger partial charge in [-0.25, -0.2) is 9.18 Å². The average Bonchev–Trinajstić information content (AvgIpc) is 2.64. The van der Waals surface area contributed by atoms with Gasteiger partial charge in [-0.2, -0.15) is 4.39 Å². The molecule has 0 radical (unpaired) electrons. The van der Waals surface area contributed by atoms with Crippen molar-refractivity contribution in [3.63, 3.8) is 0 Å². The molecule has 0 heterocycles. The zero-order chi connectivity index (χ0) is 22.7. The third-order valence-electron chi connectivity index (χ3n) is 3.64. The van der Waals surface area contributed by atoms with Gasteiger partial charge in [-0.05, 0) is 69.5 Å². The molecule has 0 bridgehead atoms. The lowest BCUT2D eigenvalue weighted by Crippen LogP contribution is -2.33. The lowest BCUT2D eigenvalue weighted by molar-refractivity contribution is -0.387. The van der Waals surface area contributed by atoms with E-state index in [0.717, 1.165) is 24.1 Å². The Balaban J connectivity index is 0.000000375. The minimum Gasteiger partial charge on any atom is -0.444 e. The second-order valence-corrected chi connectivity index (χ2v) is 7.39. The Bertz CT molecular complexity index is 837. The second-order valence-electron chi connectivity index (χ2n) is 7.39. The number of hydrogen-bond donors (Lipinski definition) is 2. The fourth-order valence-corrected chi connectivity index (χ4v) is 2.29. The molecule has 2 aromatic rings. The monoisotopic (exact) mass is 423 g/mol. The average molecular weight is 423 g/mol. The van der Waals surface area contributed by atoms with Gasteiger partial charge >= 0.3 is 11.8 Å². The Morgan fingerprint density at radius 3 is 2.23 bits per heavy atom. The number of carbonyl (C=O) groups excluding carboxylic acids is 1. The summed E-state index contributed by atoms with van der Waals surface area (Å²) in [4.78, 5) is 21.2. The molecule has 0 aromatic heterocycles. The highest BCUT2D eigenvalue weighted by atomic mass is 19.1. The molecule has 0 saturated carbocycles. The molecule has 0 aliphatic carbocycles. The third kappa shape index (κ3) is 9.92. The molecule has 9 heteroatoms. The van der Waals surface area contributed by atoms with Crippen LogP contribution >= 0.6 is 0 Å². The molecule has 0 saturated heterocycles. The van der Waals surface area contributed by atoms with E-state index in [1.54, 1.807) is 32.9 Å². The van der Waals surface area contributed by atoms with Crippen LogP contribution in [0.1, 0.15) is 31.9 Å². The van der Waals surface area contributed by atoms with Crippen molar-refractivity contribution >= 4 is 11.8 Å². The van der Waals surface area contributed by atoms with Crippen LogP contribution in [0.5, 0.6) is 0 Å². The van der Waals surface area contributed by atoms with E-state index < -0.39 is 28.1 Å². The van der Waals surface area contributed by atoms with Crippen molar-refractivity contribution in [3.8, 4) is 0 Å². The van der Waals surface area contributed by atoms with Gasteiger partial charge in [0.2, 0.25) is 5.82 Å². The summed E-state index contributed by atoms with van der Waals surface area (Å²) in [5.74, 6) is -1.07. The highest BCUT2D eigenvalue weighted by Gasteiger charge is 2.16. The highest BCUT2D eigenvalue weighted by Crippen LogP contribution is 2.18. The van der Waals surface area contributed by atoms with Gasteiger partial charge in [-0.1, -0.05) is 18.2 Å². The fourth-order valence-electron chi connectivity index (χ4n) is 2.29. The van der Waals surface area contributed by atoms with E-state index in [4.69, 9.17) is 10.5 Å². The van der Waals surface area contributed by atoms with Crippen molar-refractivity contribution in [3.05, 3.63) is 75.3 Å².